The summed E-state index contributed by atoms with van der Waals surface area (Å²) in [6.07, 6.45) is 6.28. The van der Waals surface area contributed by atoms with Gasteiger partial charge in [-0.2, -0.15) is 10.3 Å². The van der Waals surface area contributed by atoms with Crippen LogP contribution in [0.1, 0.15) is 39.5 Å². The Labute approximate surface area is 111 Å². The molecule has 5 nitrogen and oxygen atoms in total. The van der Waals surface area contributed by atoms with Gasteiger partial charge < -0.3 is 5.32 Å². The zero-order chi connectivity index (χ0) is 13.0. The van der Waals surface area contributed by atoms with Gasteiger partial charge in [0.2, 0.25) is 5.91 Å². The second-order valence-corrected chi connectivity index (χ2v) is 6.39. The van der Waals surface area contributed by atoms with Gasteiger partial charge in [-0.25, -0.2) is 0 Å². The average Bonchev–Trinajstić information content (AvgIpc) is 2.85. The summed E-state index contributed by atoms with van der Waals surface area (Å²) in [4.78, 5) is 12.0. The Kier molecular flexibility index (Phi) is 4.63. The predicted molar refractivity (Wildman–Crippen MR) is 71.3 cm³/mol. The molecule has 0 radical (unpaired) electrons. The van der Waals surface area contributed by atoms with E-state index in [1.54, 1.807) is 6.20 Å². The number of amides is 1. The van der Waals surface area contributed by atoms with Gasteiger partial charge in [-0.05, 0) is 38.5 Å². The number of H-pyrrole nitrogens is 1. The predicted octanol–water partition coefficient (Wildman–Crippen LogP) is 1.98. The summed E-state index contributed by atoms with van der Waals surface area (Å²) in [7, 11) is 0. The molecule has 0 aliphatic heterocycles. The zero-order valence-electron chi connectivity index (χ0n) is 10.8. The van der Waals surface area contributed by atoms with E-state index in [0.717, 1.165) is 23.8 Å². The minimum absolute atomic E-state index is 0.0996. The maximum atomic E-state index is 12.0. The van der Waals surface area contributed by atoms with Gasteiger partial charge in [-0.1, -0.05) is 18.7 Å². The van der Waals surface area contributed by atoms with Crippen molar-refractivity contribution in [3.63, 3.8) is 0 Å². The Balaban J connectivity index is 1.77. The monoisotopic (exact) mass is 268 g/mol. The molecule has 0 spiro atoms. The number of rotatable bonds is 4. The average molecular weight is 268 g/mol. The van der Waals surface area contributed by atoms with E-state index in [-0.39, 0.29) is 11.2 Å². The smallest absolute Gasteiger partial charge is 0.233 e. The molecule has 100 valence electrons. The first kappa shape index (κ1) is 13.4. The van der Waals surface area contributed by atoms with Gasteiger partial charge in [0.1, 0.15) is 5.03 Å². The van der Waals surface area contributed by atoms with Gasteiger partial charge in [0, 0.05) is 6.04 Å². The molecule has 1 fully saturated rings. The summed E-state index contributed by atoms with van der Waals surface area (Å²) in [6.45, 7) is 4.18. The van der Waals surface area contributed by atoms with Crippen molar-refractivity contribution < 1.29 is 4.79 Å². The Hall–Kier alpha value is -1.04. The van der Waals surface area contributed by atoms with Crippen molar-refractivity contribution in [2.45, 2.75) is 55.8 Å². The van der Waals surface area contributed by atoms with Crippen LogP contribution in [0, 0.1) is 5.92 Å². The van der Waals surface area contributed by atoms with E-state index in [9.17, 15) is 4.79 Å². The highest BCUT2D eigenvalue weighted by atomic mass is 32.2. The van der Waals surface area contributed by atoms with Crippen LogP contribution in [0.3, 0.4) is 0 Å². The summed E-state index contributed by atoms with van der Waals surface area (Å²) in [6, 6.07) is 0.356. The molecule has 1 atom stereocenters. The Morgan fingerprint density at radius 2 is 2.22 bits per heavy atom. The fourth-order valence-corrected chi connectivity index (χ4v) is 2.95. The first-order chi connectivity index (χ1) is 8.65. The molecule has 0 saturated heterocycles. The van der Waals surface area contributed by atoms with Crippen LogP contribution in [0.2, 0.25) is 0 Å². The number of hydrogen-bond donors (Lipinski definition) is 2. The molecule has 0 aromatic carbocycles. The molecule has 1 saturated carbocycles. The van der Waals surface area contributed by atoms with Crippen molar-refractivity contribution in [3.8, 4) is 0 Å². The first-order valence-electron chi connectivity index (χ1n) is 6.48. The molecule has 18 heavy (non-hydrogen) atoms. The molecule has 1 aromatic rings. The molecule has 1 amide bonds. The third-order valence-electron chi connectivity index (χ3n) is 3.42. The third kappa shape index (κ3) is 3.73. The summed E-state index contributed by atoms with van der Waals surface area (Å²) in [5.41, 5.74) is 0. The fourth-order valence-electron chi connectivity index (χ4n) is 2.21. The lowest BCUT2D eigenvalue weighted by Crippen LogP contribution is -2.41. The molecule has 0 bridgehead atoms. The summed E-state index contributed by atoms with van der Waals surface area (Å²) >= 11 is 1.43. The van der Waals surface area contributed by atoms with Gasteiger partial charge >= 0.3 is 0 Å². The number of hydrogen-bond acceptors (Lipinski definition) is 4. The van der Waals surface area contributed by atoms with Crippen LogP contribution >= 0.6 is 11.8 Å². The minimum atomic E-state index is -0.130. The van der Waals surface area contributed by atoms with E-state index < -0.39 is 0 Å². The molecule has 1 aromatic heterocycles. The summed E-state index contributed by atoms with van der Waals surface area (Å²) in [5.74, 6) is 0.905. The first-order valence-corrected chi connectivity index (χ1v) is 7.36. The van der Waals surface area contributed by atoms with E-state index in [0.29, 0.717) is 6.04 Å². The number of carbonyl (C=O) groups is 1. The van der Waals surface area contributed by atoms with Crippen molar-refractivity contribution in [2.75, 3.05) is 0 Å². The largest absolute Gasteiger partial charge is 0.352 e. The second kappa shape index (κ2) is 6.22. The van der Waals surface area contributed by atoms with Gasteiger partial charge in [0.15, 0.2) is 0 Å². The van der Waals surface area contributed by atoms with E-state index in [1.165, 1.54) is 24.6 Å². The van der Waals surface area contributed by atoms with Crippen LogP contribution < -0.4 is 5.32 Å². The van der Waals surface area contributed by atoms with Crippen molar-refractivity contribution in [1.82, 2.24) is 20.7 Å². The van der Waals surface area contributed by atoms with Crippen LogP contribution in [0.25, 0.3) is 0 Å². The Bertz CT molecular complexity index is 373. The van der Waals surface area contributed by atoms with Gasteiger partial charge in [-0.3, -0.25) is 4.79 Å². The summed E-state index contributed by atoms with van der Waals surface area (Å²) in [5, 5.41) is 14.0. The maximum absolute atomic E-state index is 12.0. The van der Waals surface area contributed by atoms with Crippen LogP contribution in [-0.2, 0) is 4.79 Å². The molecule has 6 heteroatoms. The van der Waals surface area contributed by atoms with Gasteiger partial charge in [-0.15, -0.1) is 5.10 Å². The lowest BCUT2D eigenvalue weighted by molar-refractivity contribution is -0.121. The van der Waals surface area contributed by atoms with Crippen LogP contribution in [0.15, 0.2) is 11.2 Å². The third-order valence-corrected chi connectivity index (χ3v) is 4.43. The number of carbonyl (C=O) groups excluding carboxylic acids is 1. The van der Waals surface area contributed by atoms with Crippen molar-refractivity contribution in [1.29, 1.82) is 0 Å². The highest BCUT2D eigenvalue weighted by Gasteiger charge is 2.22. The van der Waals surface area contributed by atoms with E-state index >= 15 is 0 Å². The zero-order valence-corrected chi connectivity index (χ0v) is 11.7. The highest BCUT2D eigenvalue weighted by Crippen LogP contribution is 2.24. The molecule has 0 unspecified atom stereocenters. The van der Waals surface area contributed by atoms with E-state index in [1.807, 2.05) is 6.92 Å². The standard InChI is InChI=1S/C12H20N4OS/c1-8-3-5-10(6-4-8)14-12(17)9(2)18-11-7-13-16-15-11/h7-10H,3-6H2,1-2H3,(H,14,17)(H,13,15,16)/t8?,9-,10?/m0/s1. The lowest BCUT2D eigenvalue weighted by Gasteiger charge is -2.27. The topological polar surface area (TPSA) is 70.7 Å². The lowest BCUT2D eigenvalue weighted by atomic mass is 9.87. The van der Waals surface area contributed by atoms with Crippen LogP contribution in [-0.4, -0.2) is 32.6 Å². The molecular weight excluding hydrogens is 248 g/mol. The Morgan fingerprint density at radius 3 is 2.83 bits per heavy atom. The van der Waals surface area contributed by atoms with Crippen molar-refractivity contribution in [3.05, 3.63) is 6.20 Å². The second-order valence-electron chi connectivity index (χ2n) is 5.03. The molecule has 2 rings (SSSR count). The highest BCUT2D eigenvalue weighted by molar-refractivity contribution is 8.00. The van der Waals surface area contributed by atoms with E-state index in [2.05, 4.69) is 27.7 Å². The molecule has 1 aliphatic rings. The molecule has 1 aliphatic carbocycles. The van der Waals surface area contributed by atoms with Crippen molar-refractivity contribution in [2.24, 2.45) is 5.92 Å². The molecular formula is C12H20N4OS. The van der Waals surface area contributed by atoms with Gasteiger partial charge in [0.05, 0.1) is 11.4 Å². The summed E-state index contributed by atoms with van der Waals surface area (Å²) < 4.78 is 0. The van der Waals surface area contributed by atoms with Crippen LogP contribution in [0.5, 0.6) is 0 Å². The van der Waals surface area contributed by atoms with Crippen LogP contribution in [0.4, 0.5) is 0 Å². The minimum Gasteiger partial charge on any atom is -0.352 e. The fraction of sp³-hybridized carbons (Fsp3) is 0.750. The number of aromatic amines is 1. The maximum Gasteiger partial charge on any atom is 0.233 e. The number of nitrogens with one attached hydrogen (secondary N) is 2. The number of aromatic nitrogens is 3. The number of thioether (sulfide) groups is 1. The SMILES string of the molecule is CC1CCC(NC(=O)[C@H](C)Sc2cn[nH]n2)CC1. The van der Waals surface area contributed by atoms with Gasteiger partial charge in [0.25, 0.3) is 0 Å². The molecule has 2 N–H and O–H groups in total. The normalized spacial score (nSPS) is 25.7. The van der Waals surface area contributed by atoms with E-state index in [4.69, 9.17) is 0 Å². The van der Waals surface area contributed by atoms with Crippen molar-refractivity contribution >= 4 is 17.7 Å². The Morgan fingerprint density at radius 1 is 1.50 bits per heavy atom. The molecule has 1 heterocycles. The number of nitrogens with zero attached hydrogens (tertiary/aromatic N) is 2. The quantitative estimate of drug-likeness (QED) is 0.819.